The maximum atomic E-state index is 6.18. The summed E-state index contributed by atoms with van der Waals surface area (Å²) in [5.74, 6) is 1.65. The first-order valence-electron chi connectivity index (χ1n) is 7.21. The van der Waals surface area contributed by atoms with E-state index in [1.54, 1.807) is 11.8 Å². The summed E-state index contributed by atoms with van der Waals surface area (Å²) in [4.78, 5) is 10.4. The molecule has 0 amide bonds. The summed E-state index contributed by atoms with van der Waals surface area (Å²) in [6, 6.07) is 7.95. The predicted molar refractivity (Wildman–Crippen MR) is 87.5 cm³/mol. The van der Waals surface area contributed by atoms with Gasteiger partial charge in [0, 0.05) is 33.4 Å². The Hall–Kier alpha value is -1.10. The Morgan fingerprint density at radius 3 is 2.86 bits per heavy atom. The standard InChI is InChI=1S/C16H18ClN3S/c17-11-5-7-12(8-6-11)21-10-16-19-9-13-14(18)3-1-2-4-15(13)20-16/h5-9,14H,1-4,10,18H2. The lowest BCUT2D eigenvalue weighted by Gasteiger charge is -2.12. The lowest BCUT2D eigenvalue weighted by Crippen LogP contribution is -2.13. The van der Waals surface area contributed by atoms with Gasteiger partial charge in [-0.2, -0.15) is 0 Å². The molecule has 1 unspecified atom stereocenters. The summed E-state index contributed by atoms with van der Waals surface area (Å²) in [6.45, 7) is 0. The molecule has 0 bridgehead atoms. The first kappa shape index (κ1) is 14.8. The highest BCUT2D eigenvalue weighted by Crippen LogP contribution is 2.27. The summed E-state index contributed by atoms with van der Waals surface area (Å²) in [5, 5.41) is 0.759. The van der Waals surface area contributed by atoms with Gasteiger partial charge in [0.2, 0.25) is 0 Å². The van der Waals surface area contributed by atoms with Crippen molar-refractivity contribution in [1.29, 1.82) is 0 Å². The van der Waals surface area contributed by atoms with Gasteiger partial charge in [0.25, 0.3) is 0 Å². The number of aryl methyl sites for hydroxylation is 1. The molecule has 0 aliphatic heterocycles. The monoisotopic (exact) mass is 319 g/mol. The van der Waals surface area contributed by atoms with E-state index in [0.717, 1.165) is 40.7 Å². The summed E-state index contributed by atoms with van der Waals surface area (Å²) in [7, 11) is 0. The van der Waals surface area contributed by atoms with E-state index < -0.39 is 0 Å². The van der Waals surface area contributed by atoms with Crippen LogP contribution >= 0.6 is 23.4 Å². The molecule has 5 heteroatoms. The fraction of sp³-hybridized carbons (Fsp3) is 0.375. The van der Waals surface area contributed by atoms with Gasteiger partial charge < -0.3 is 5.73 Å². The average molecular weight is 320 g/mol. The molecule has 1 aromatic carbocycles. The Morgan fingerprint density at radius 2 is 2.05 bits per heavy atom. The van der Waals surface area contributed by atoms with Crippen molar-refractivity contribution in [2.24, 2.45) is 5.73 Å². The second kappa shape index (κ2) is 6.77. The highest BCUT2D eigenvalue weighted by atomic mass is 35.5. The van der Waals surface area contributed by atoms with Gasteiger partial charge in [0.05, 0.1) is 5.75 Å². The van der Waals surface area contributed by atoms with Crippen LogP contribution in [0.1, 0.15) is 42.4 Å². The van der Waals surface area contributed by atoms with E-state index in [1.165, 1.54) is 17.7 Å². The topological polar surface area (TPSA) is 51.8 Å². The fourth-order valence-electron chi connectivity index (χ4n) is 2.54. The first-order valence-corrected chi connectivity index (χ1v) is 8.57. The number of hydrogen-bond donors (Lipinski definition) is 1. The largest absolute Gasteiger partial charge is 0.324 e. The minimum absolute atomic E-state index is 0.0977. The molecule has 3 rings (SSSR count). The van der Waals surface area contributed by atoms with Crippen molar-refractivity contribution in [2.75, 3.05) is 0 Å². The van der Waals surface area contributed by atoms with Crippen LogP contribution in [0.25, 0.3) is 0 Å². The molecule has 1 atom stereocenters. The zero-order valence-electron chi connectivity index (χ0n) is 11.8. The third-order valence-corrected chi connectivity index (χ3v) is 4.97. The van der Waals surface area contributed by atoms with Gasteiger partial charge in [0.15, 0.2) is 0 Å². The highest BCUT2D eigenvalue weighted by Gasteiger charge is 2.17. The molecule has 3 nitrogen and oxygen atoms in total. The van der Waals surface area contributed by atoms with E-state index in [9.17, 15) is 0 Å². The van der Waals surface area contributed by atoms with Crippen molar-refractivity contribution >= 4 is 23.4 Å². The van der Waals surface area contributed by atoms with Crippen LogP contribution in [-0.2, 0) is 12.2 Å². The van der Waals surface area contributed by atoms with Gasteiger partial charge in [-0.1, -0.05) is 18.0 Å². The predicted octanol–water partition coefficient (Wildman–Crippen LogP) is 4.15. The summed E-state index contributed by atoms with van der Waals surface area (Å²) < 4.78 is 0. The van der Waals surface area contributed by atoms with Crippen molar-refractivity contribution in [3.05, 3.63) is 52.6 Å². The summed E-state index contributed by atoms with van der Waals surface area (Å²) in [5.41, 5.74) is 8.45. The van der Waals surface area contributed by atoms with E-state index in [2.05, 4.69) is 4.98 Å². The number of hydrogen-bond acceptors (Lipinski definition) is 4. The van der Waals surface area contributed by atoms with E-state index in [0.29, 0.717) is 0 Å². The molecule has 1 aromatic heterocycles. The van der Waals surface area contributed by atoms with Crippen LogP contribution in [0, 0.1) is 0 Å². The van der Waals surface area contributed by atoms with Crippen molar-refractivity contribution < 1.29 is 0 Å². The van der Waals surface area contributed by atoms with Gasteiger partial charge in [0.1, 0.15) is 5.82 Å². The number of rotatable bonds is 3. The lowest BCUT2D eigenvalue weighted by atomic mass is 10.1. The first-order chi connectivity index (χ1) is 10.2. The SMILES string of the molecule is NC1CCCCc2nc(CSc3ccc(Cl)cc3)ncc21. The van der Waals surface area contributed by atoms with Crippen LogP contribution in [0.3, 0.4) is 0 Å². The molecule has 0 spiro atoms. The maximum absolute atomic E-state index is 6.18. The minimum Gasteiger partial charge on any atom is -0.324 e. The number of fused-ring (bicyclic) bond motifs is 1. The van der Waals surface area contributed by atoms with Crippen LogP contribution in [0.15, 0.2) is 35.4 Å². The number of aromatic nitrogens is 2. The fourth-order valence-corrected chi connectivity index (χ4v) is 3.43. The van der Waals surface area contributed by atoms with Gasteiger partial charge in [-0.15, -0.1) is 11.8 Å². The second-order valence-electron chi connectivity index (χ2n) is 5.28. The molecule has 0 radical (unpaired) electrons. The van der Waals surface area contributed by atoms with Gasteiger partial charge >= 0.3 is 0 Å². The minimum atomic E-state index is 0.0977. The van der Waals surface area contributed by atoms with Crippen LogP contribution in [0.4, 0.5) is 0 Å². The van der Waals surface area contributed by atoms with Gasteiger partial charge in [-0.3, -0.25) is 0 Å². The molecular weight excluding hydrogens is 302 g/mol. The molecule has 110 valence electrons. The quantitative estimate of drug-likeness (QED) is 0.682. The number of thioether (sulfide) groups is 1. The maximum Gasteiger partial charge on any atom is 0.138 e. The zero-order chi connectivity index (χ0) is 14.7. The molecular formula is C16H18ClN3S. The molecule has 0 saturated heterocycles. The smallest absolute Gasteiger partial charge is 0.138 e. The summed E-state index contributed by atoms with van der Waals surface area (Å²) in [6.07, 6.45) is 6.32. The molecule has 1 aliphatic carbocycles. The average Bonchev–Trinajstić information content (AvgIpc) is 2.68. The van der Waals surface area contributed by atoms with Crippen LogP contribution in [0.5, 0.6) is 0 Å². The number of nitrogens with zero attached hydrogens (tertiary/aromatic N) is 2. The number of nitrogens with two attached hydrogens (primary N) is 1. The van der Waals surface area contributed by atoms with Crippen molar-refractivity contribution in [3.8, 4) is 0 Å². The molecule has 0 saturated carbocycles. The highest BCUT2D eigenvalue weighted by molar-refractivity contribution is 7.98. The van der Waals surface area contributed by atoms with E-state index in [4.69, 9.17) is 22.3 Å². The van der Waals surface area contributed by atoms with Gasteiger partial charge in [-0.05, 0) is 43.5 Å². The Kier molecular flexibility index (Phi) is 4.78. The lowest BCUT2D eigenvalue weighted by molar-refractivity contribution is 0.614. The van der Waals surface area contributed by atoms with Crippen molar-refractivity contribution in [1.82, 2.24) is 9.97 Å². The van der Waals surface area contributed by atoms with E-state index in [1.807, 2.05) is 30.5 Å². The molecule has 2 N–H and O–H groups in total. The Labute approximate surface area is 134 Å². The number of benzene rings is 1. The van der Waals surface area contributed by atoms with E-state index in [-0.39, 0.29) is 6.04 Å². The number of halogens is 1. The van der Waals surface area contributed by atoms with Gasteiger partial charge in [-0.25, -0.2) is 9.97 Å². The van der Waals surface area contributed by atoms with Crippen molar-refractivity contribution in [2.45, 2.75) is 42.4 Å². The van der Waals surface area contributed by atoms with Crippen molar-refractivity contribution in [3.63, 3.8) is 0 Å². The van der Waals surface area contributed by atoms with Crippen LogP contribution in [-0.4, -0.2) is 9.97 Å². The normalized spacial score (nSPS) is 18.1. The van der Waals surface area contributed by atoms with Crippen LogP contribution < -0.4 is 5.73 Å². The third kappa shape index (κ3) is 3.76. The van der Waals surface area contributed by atoms with E-state index >= 15 is 0 Å². The zero-order valence-corrected chi connectivity index (χ0v) is 13.3. The molecule has 1 heterocycles. The third-order valence-electron chi connectivity index (χ3n) is 3.71. The second-order valence-corrected chi connectivity index (χ2v) is 6.77. The molecule has 1 aliphatic rings. The van der Waals surface area contributed by atoms with Crippen LogP contribution in [0.2, 0.25) is 5.02 Å². The Bertz CT molecular complexity index is 615. The Morgan fingerprint density at radius 1 is 1.24 bits per heavy atom. The Balaban J connectivity index is 1.71. The molecule has 2 aromatic rings. The molecule has 0 fully saturated rings. The molecule has 21 heavy (non-hydrogen) atoms. The summed E-state index contributed by atoms with van der Waals surface area (Å²) >= 11 is 7.62.